The smallest absolute Gasteiger partial charge is 0.223 e. The predicted octanol–water partition coefficient (Wildman–Crippen LogP) is 2.74. The van der Waals surface area contributed by atoms with Crippen LogP contribution in [-0.4, -0.2) is 25.5 Å². The SMILES string of the molecule is Cl.O=C(NCC12CC3CC(CC(C3)C1)C2)C1CCNCC1. The van der Waals surface area contributed by atoms with Gasteiger partial charge in [0.15, 0.2) is 0 Å². The van der Waals surface area contributed by atoms with Gasteiger partial charge in [0.05, 0.1) is 0 Å². The molecule has 1 amide bonds. The lowest BCUT2D eigenvalue weighted by Gasteiger charge is -2.57. The molecule has 5 rings (SSSR count). The summed E-state index contributed by atoms with van der Waals surface area (Å²) in [5.41, 5.74) is 0.483. The first-order chi connectivity index (χ1) is 9.72. The van der Waals surface area contributed by atoms with E-state index < -0.39 is 0 Å². The van der Waals surface area contributed by atoms with Crippen LogP contribution in [0.25, 0.3) is 0 Å². The number of carbonyl (C=O) groups excluding carboxylic acids is 1. The zero-order valence-electron chi connectivity index (χ0n) is 12.9. The molecule has 2 N–H and O–H groups in total. The van der Waals surface area contributed by atoms with Gasteiger partial charge in [-0.05, 0) is 87.6 Å². The van der Waals surface area contributed by atoms with Gasteiger partial charge in [0.25, 0.3) is 0 Å². The van der Waals surface area contributed by atoms with Gasteiger partial charge in [-0.15, -0.1) is 12.4 Å². The first-order valence-electron chi connectivity index (χ1n) is 8.71. The van der Waals surface area contributed by atoms with E-state index in [1.807, 2.05) is 0 Å². The van der Waals surface area contributed by atoms with Gasteiger partial charge in [-0.1, -0.05) is 0 Å². The second-order valence-corrected chi connectivity index (χ2v) is 8.16. The van der Waals surface area contributed by atoms with E-state index in [2.05, 4.69) is 10.6 Å². The average Bonchev–Trinajstić information content (AvgIpc) is 2.44. The molecule has 0 spiro atoms. The van der Waals surface area contributed by atoms with Crippen LogP contribution in [0.5, 0.6) is 0 Å². The summed E-state index contributed by atoms with van der Waals surface area (Å²) in [6.45, 7) is 2.99. The molecule has 0 unspecified atom stereocenters. The number of hydrogen-bond donors (Lipinski definition) is 2. The lowest BCUT2D eigenvalue weighted by molar-refractivity contribution is -0.127. The Bertz CT molecular complexity index is 357. The molecule has 5 fully saturated rings. The Balaban J connectivity index is 0.00000132. The molecule has 0 aromatic carbocycles. The standard InChI is InChI=1S/C17H28N2O.ClH/c20-16(15-1-3-18-4-2-15)19-11-17-8-12-5-13(9-17)7-14(6-12)10-17;/h12-15,18H,1-11H2,(H,19,20);1H. The highest BCUT2D eigenvalue weighted by Crippen LogP contribution is 2.59. The molecule has 4 aliphatic carbocycles. The molecule has 21 heavy (non-hydrogen) atoms. The van der Waals surface area contributed by atoms with Gasteiger partial charge >= 0.3 is 0 Å². The third-order valence-corrected chi connectivity index (χ3v) is 6.51. The molecule has 0 atom stereocenters. The lowest BCUT2D eigenvalue weighted by atomic mass is 9.49. The van der Waals surface area contributed by atoms with Crippen LogP contribution in [0.1, 0.15) is 51.4 Å². The quantitative estimate of drug-likeness (QED) is 0.841. The molecule has 5 aliphatic rings. The number of rotatable bonds is 3. The van der Waals surface area contributed by atoms with Gasteiger partial charge in [0.2, 0.25) is 5.91 Å². The minimum Gasteiger partial charge on any atom is -0.355 e. The highest BCUT2D eigenvalue weighted by Gasteiger charge is 2.50. The minimum atomic E-state index is 0. The van der Waals surface area contributed by atoms with Crippen LogP contribution >= 0.6 is 12.4 Å². The maximum Gasteiger partial charge on any atom is 0.223 e. The third-order valence-electron chi connectivity index (χ3n) is 6.51. The third kappa shape index (κ3) is 3.10. The summed E-state index contributed by atoms with van der Waals surface area (Å²) in [5, 5.41) is 6.68. The Kier molecular flexibility index (Phi) is 4.52. The van der Waals surface area contributed by atoms with E-state index in [1.165, 1.54) is 38.5 Å². The van der Waals surface area contributed by atoms with Crippen molar-refractivity contribution in [1.29, 1.82) is 0 Å². The Morgan fingerprint density at radius 2 is 1.52 bits per heavy atom. The normalized spacial score (nSPS) is 41.6. The maximum atomic E-state index is 12.4. The van der Waals surface area contributed by atoms with Crippen molar-refractivity contribution < 1.29 is 4.79 Å². The van der Waals surface area contributed by atoms with Crippen LogP contribution in [0.15, 0.2) is 0 Å². The van der Waals surface area contributed by atoms with Crippen molar-refractivity contribution in [2.75, 3.05) is 19.6 Å². The molecule has 1 heterocycles. The first kappa shape index (κ1) is 15.6. The number of piperidine rings is 1. The van der Waals surface area contributed by atoms with E-state index in [-0.39, 0.29) is 18.3 Å². The molecule has 0 aromatic rings. The largest absolute Gasteiger partial charge is 0.355 e. The maximum absolute atomic E-state index is 12.4. The van der Waals surface area contributed by atoms with Gasteiger partial charge in [0, 0.05) is 12.5 Å². The van der Waals surface area contributed by atoms with E-state index in [0.717, 1.165) is 50.2 Å². The molecule has 4 saturated carbocycles. The van der Waals surface area contributed by atoms with Crippen molar-refractivity contribution in [2.24, 2.45) is 29.1 Å². The summed E-state index contributed by atoms with van der Waals surface area (Å²) >= 11 is 0. The molecule has 1 aliphatic heterocycles. The summed E-state index contributed by atoms with van der Waals surface area (Å²) in [6, 6.07) is 0. The number of nitrogens with one attached hydrogen (secondary N) is 2. The Labute approximate surface area is 134 Å². The molecule has 3 nitrogen and oxygen atoms in total. The summed E-state index contributed by atoms with van der Waals surface area (Å²) in [4.78, 5) is 12.4. The fourth-order valence-corrected chi connectivity index (χ4v) is 6.01. The van der Waals surface area contributed by atoms with Crippen LogP contribution < -0.4 is 10.6 Å². The van der Waals surface area contributed by atoms with Crippen molar-refractivity contribution in [2.45, 2.75) is 51.4 Å². The van der Waals surface area contributed by atoms with Crippen LogP contribution in [-0.2, 0) is 4.79 Å². The van der Waals surface area contributed by atoms with Crippen molar-refractivity contribution in [3.63, 3.8) is 0 Å². The predicted molar refractivity (Wildman–Crippen MR) is 86.5 cm³/mol. The summed E-state index contributed by atoms with van der Waals surface area (Å²) in [6.07, 6.45) is 10.7. The lowest BCUT2D eigenvalue weighted by Crippen LogP contribution is -2.52. The Hall–Kier alpha value is -0.280. The zero-order valence-corrected chi connectivity index (χ0v) is 13.7. The van der Waals surface area contributed by atoms with Gasteiger partial charge in [0.1, 0.15) is 0 Å². The van der Waals surface area contributed by atoms with E-state index in [9.17, 15) is 4.79 Å². The molecular formula is C17H29ClN2O. The number of carbonyl (C=O) groups is 1. The van der Waals surface area contributed by atoms with E-state index in [4.69, 9.17) is 0 Å². The topological polar surface area (TPSA) is 41.1 Å². The molecule has 120 valence electrons. The molecule has 0 radical (unpaired) electrons. The van der Waals surface area contributed by atoms with Crippen LogP contribution in [0.4, 0.5) is 0 Å². The number of halogens is 1. The molecule has 1 saturated heterocycles. The highest BCUT2D eigenvalue weighted by molar-refractivity contribution is 5.85. The second-order valence-electron chi connectivity index (χ2n) is 8.16. The monoisotopic (exact) mass is 312 g/mol. The molecule has 4 heteroatoms. The number of amides is 1. The molecular weight excluding hydrogens is 284 g/mol. The van der Waals surface area contributed by atoms with E-state index in [0.29, 0.717) is 11.3 Å². The fraction of sp³-hybridized carbons (Fsp3) is 0.941. The summed E-state index contributed by atoms with van der Waals surface area (Å²) in [5.74, 6) is 3.55. The minimum absolute atomic E-state index is 0. The van der Waals surface area contributed by atoms with Crippen LogP contribution in [0.2, 0.25) is 0 Å². The highest BCUT2D eigenvalue weighted by atomic mass is 35.5. The first-order valence-corrected chi connectivity index (χ1v) is 8.71. The average molecular weight is 313 g/mol. The van der Waals surface area contributed by atoms with Gasteiger partial charge in [-0.25, -0.2) is 0 Å². The van der Waals surface area contributed by atoms with Crippen molar-refractivity contribution >= 4 is 18.3 Å². The fourth-order valence-electron chi connectivity index (χ4n) is 6.01. The Morgan fingerprint density at radius 3 is 2.05 bits per heavy atom. The van der Waals surface area contributed by atoms with E-state index in [1.54, 1.807) is 0 Å². The van der Waals surface area contributed by atoms with Crippen LogP contribution in [0.3, 0.4) is 0 Å². The molecule has 0 aromatic heterocycles. The van der Waals surface area contributed by atoms with Gasteiger partial charge in [-0.3, -0.25) is 4.79 Å². The van der Waals surface area contributed by atoms with Crippen molar-refractivity contribution in [1.82, 2.24) is 10.6 Å². The van der Waals surface area contributed by atoms with Crippen LogP contribution in [0, 0.1) is 29.1 Å². The second kappa shape index (κ2) is 6.08. The summed E-state index contributed by atoms with van der Waals surface area (Å²) in [7, 11) is 0. The van der Waals surface area contributed by atoms with Gasteiger partial charge < -0.3 is 10.6 Å². The van der Waals surface area contributed by atoms with E-state index >= 15 is 0 Å². The Morgan fingerprint density at radius 1 is 1.00 bits per heavy atom. The molecule has 4 bridgehead atoms. The van der Waals surface area contributed by atoms with Gasteiger partial charge in [-0.2, -0.15) is 0 Å². The number of hydrogen-bond acceptors (Lipinski definition) is 2. The zero-order chi connectivity index (χ0) is 13.6. The van der Waals surface area contributed by atoms with Crippen molar-refractivity contribution in [3.8, 4) is 0 Å². The summed E-state index contributed by atoms with van der Waals surface area (Å²) < 4.78 is 0. The van der Waals surface area contributed by atoms with Crippen molar-refractivity contribution in [3.05, 3.63) is 0 Å².